The molecule has 14 heavy (non-hydrogen) atoms. The summed E-state index contributed by atoms with van der Waals surface area (Å²) in [6, 6.07) is 1.52. The number of hydrogen-bond acceptors (Lipinski definition) is 4. The Morgan fingerprint density at radius 1 is 1.57 bits per heavy atom. The molecule has 1 aromatic heterocycles. The molecule has 1 aliphatic heterocycles. The van der Waals surface area contributed by atoms with Crippen molar-refractivity contribution in [2.24, 2.45) is 5.29 Å². The van der Waals surface area contributed by atoms with Gasteiger partial charge in [-0.05, 0) is 11.6 Å². The molecule has 2 heterocycles. The van der Waals surface area contributed by atoms with E-state index in [1.54, 1.807) is 0 Å². The van der Waals surface area contributed by atoms with Gasteiger partial charge in [0.05, 0.1) is 29.6 Å². The molecule has 1 aliphatic rings. The normalized spacial score (nSPS) is 13.9. The lowest BCUT2D eigenvalue weighted by molar-refractivity contribution is 0.0696. The molecular weight excluding hydrogens is 186 g/mol. The third-order valence-electron chi connectivity index (χ3n) is 2.11. The molecule has 0 aliphatic carbocycles. The predicted octanol–water partition coefficient (Wildman–Crippen LogP) is 0.777. The Labute approximate surface area is 79.1 Å². The monoisotopic (exact) mass is 193 g/mol. The molecule has 6 heteroatoms. The van der Waals surface area contributed by atoms with Crippen molar-refractivity contribution in [2.75, 3.05) is 0 Å². The smallest absolute Gasteiger partial charge is 0.337 e. The first-order valence-corrected chi connectivity index (χ1v) is 4.00. The van der Waals surface area contributed by atoms with Crippen LogP contribution in [0.15, 0.2) is 17.5 Å². The zero-order chi connectivity index (χ0) is 10.1. The Balaban J connectivity index is 2.35. The first-order valence-electron chi connectivity index (χ1n) is 4.00. The third-order valence-corrected chi connectivity index (χ3v) is 2.11. The van der Waals surface area contributed by atoms with Gasteiger partial charge in [0, 0.05) is 6.20 Å². The lowest BCUT2D eigenvalue weighted by Crippen LogP contribution is -2.05. The van der Waals surface area contributed by atoms with Crippen molar-refractivity contribution in [3.8, 4) is 0 Å². The van der Waals surface area contributed by atoms with E-state index in [9.17, 15) is 9.70 Å². The van der Waals surface area contributed by atoms with Crippen LogP contribution in [-0.2, 0) is 13.1 Å². The SMILES string of the molecule is O=NN1Cc2cc(C(=O)O)cnc2C1. The Bertz CT molecular complexity index is 405. The highest BCUT2D eigenvalue weighted by molar-refractivity contribution is 5.87. The van der Waals surface area contributed by atoms with Crippen molar-refractivity contribution in [3.63, 3.8) is 0 Å². The number of aromatic carboxylic acids is 1. The fraction of sp³-hybridized carbons (Fsp3) is 0.250. The van der Waals surface area contributed by atoms with Gasteiger partial charge in [-0.3, -0.25) is 9.99 Å². The van der Waals surface area contributed by atoms with E-state index in [0.29, 0.717) is 13.1 Å². The second kappa shape index (κ2) is 3.06. The summed E-state index contributed by atoms with van der Waals surface area (Å²) >= 11 is 0. The van der Waals surface area contributed by atoms with Crippen molar-refractivity contribution in [1.82, 2.24) is 9.99 Å². The number of carboxylic acid groups (broad SMARTS) is 1. The summed E-state index contributed by atoms with van der Waals surface area (Å²) in [7, 11) is 0. The van der Waals surface area contributed by atoms with Gasteiger partial charge in [-0.2, -0.15) is 0 Å². The summed E-state index contributed by atoms with van der Waals surface area (Å²) in [5.74, 6) is -1.02. The molecule has 0 bridgehead atoms. The number of fused-ring (bicyclic) bond motifs is 1. The van der Waals surface area contributed by atoms with Crippen LogP contribution in [0.3, 0.4) is 0 Å². The molecule has 0 spiro atoms. The van der Waals surface area contributed by atoms with Crippen LogP contribution in [0.2, 0.25) is 0 Å². The Kier molecular flexibility index (Phi) is 1.88. The summed E-state index contributed by atoms with van der Waals surface area (Å²) < 4.78 is 0. The zero-order valence-corrected chi connectivity index (χ0v) is 7.17. The van der Waals surface area contributed by atoms with Crippen LogP contribution in [-0.4, -0.2) is 21.1 Å². The van der Waals surface area contributed by atoms with Gasteiger partial charge in [0.25, 0.3) is 0 Å². The molecule has 1 N–H and O–H groups in total. The van der Waals surface area contributed by atoms with Gasteiger partial charge >= 0.3 is 5.97 Å². The highest BCUT2D eigenvalue weighted by atomic mass is 16.4. The van der Waals surface area contributed by atoms with Crippen LogP contribution in [0, 0.1) is 4.91 Å². The van der Waals surface area contributed by atoms with Crippen molar-refractivity contribution in [3.05, 3.63) is 34.0 Å². The van der Waals surface area contributed by atoms with E-state index in [1.165, 1.54) is 17.3 Å². The van der Waals surface area contributed by atoms with Crippen LogP contribution >= 0.6 is 0 Å². The van der Waals surface area contributed by atoms with Gasteiger partial charge in [0.1, 0.15) is 0 Å². The maximum Gasteiger partial charge on any atom is 0.337 e. The van der Waals surface area contributed by atoms with E-state index in [1.807, 2.05) is 0 Å². The van der Waals surface area contributed by atoms with Gasteiger partial charge in [-0.25, -0.2) is 4.79 Å². The number of carboxylic acids is 1. The first-order chi connectivity index (χ1) is 6.70. The van der Waals surface area contributed by atoms with Gasteiger partial charge in [0.2, 0.25) is 0 Å². The number of hydrogen-bond donors (Lipinski definition) is 1. The van der Waals surface area contributed by atoms with E-state index in [-0.39, 0.29) is 5.56 Å². The quantitative estimate of drug-likeness (QED) is 0.701. The molecule has 1 aromatic rings. The predicted molar refractivity (Wildman–Crippen MR) is 46.2 cm³/mol. The van der Waals surface area contributed by atoms with Crippen molar-refractivity contribution >= 4 is 5.97 Å². The topological polar surface area (TPSA) is 82.9 Å². The van der Waals surface area contributed by atoms with Crippen molar-refractivity contribution < 1.29 is 9.90 Å². The Morgan fingerprint density at radius 2 is 2.36 bits per heavy atom. The highest BCUT2D eigenvalue weighted by Crippen LogP contribution is 2.21. The molecule has 0 radical (unpaired) electrons. The average Bonchev–Trinajstić information content (AvgIpc) is 2.58. The van der Waals surface area contributed by atoms with Crippen molar-refractivity contribution in [1.29, 1.82) is 0 Å². The van der Waals surface area contributed by atoms with Crippen LogP contribution in [0.25, 0.3) is 0 Å². The summed E-state index contributed by atoms with van der Waals surface area (Å²) in [6.07, 6.45) is 1.29. The van der Waals surface area contributed by atoms with Gasteiger partial charge < -0.3 is 5.11 Å². The summed E-state index contributed by atoms with van der Waals surface area (Å²) in [5, 5.41) is 12.8. The van der Waals surface area contributed by atoms with E-state index in [0.717, 1.165) is 11.3 Å². The lowest BCUT2D eigenvalue weighted by atomic mass is 10.2. The zero-order valence-electron chi connectivity index (χ0n) is 7.17. The van der Waals surface area contributed by atoms with E-state index >= 15 is 0 Å². The molecule has 0 amide bonds. The van der Waals surface area contributed by atoms with Gasteiger partial charge in [0.15, 0.2) is 0 Å². The van der Waals surface area contributed by atoms with Crippen LogP contribution in [0.5, 0.6) is 0 Å². The fourth-order valence-electron chi connectivity index (χ4n) is 1.42. The molecule has 0 aromatic carbocycles. The summed E-state index contributed by atoms with van der Waals surface area (Å²) in [5.41, 5.74) is 1.61. The number of nitrogens with zero attached hydrogens (tertiary/aromatic N) is 3. The maximum atomic E-state index is 10.6. The Morgan fingerprint density at radius 3 is 3.00 bits per heavy atom. The second-order valence-electron chi connectivity index (χ2n) is 3.04. The maximum absolute atomic E-state index is 10.6. The van der Waals surface area contributed by atoms with Crippen molar-refractivity contribution in [2.45, 2.75) is 13.1 Å². The highest BCUT2D eigenvalue weighted by Gasteiger charge is 2.21. The van der Waals surface area contributed by atoms with Crippen LogP contribution in [0.4, 0.5) is 0 Å². The lowest BCUT2D eigenvalue weighted by Gasteiger charge is -2.01. The number of aromatic nitrogens is 1. The Hall–Kier alpha value is -1.98. The molecule has 0 saturated heterocycles. The number of nitroso groups, excluding NO2 is 1. The van der Waals surface area contributed by atoms with E-state index in [4.69, 9.17) is 5.11 Å². The molecule has 0 atom stereocenters. The molecular formula is C8H7N3O3. The van der Waals surface area contributed by atoms with E-state index in [2.05, 4.69) is 10.3 Å². The first kappa shape index (κ1) is 8.61. The standard InChI is InChI=1S/C8H7N3O3/c12-8(13)5-1-6-3-11(10-14)4-7(6)9-2-5/h1-2H,3-4H2,(H,12,13). The largest absolute Gasteiger partial charge is 0.478 e. The fourth-order valence-corrected chi connectivity index (χ4v) is 1.42. The molecule has 0 saturated carbocycles. The number of rotatable bonds is 2. The third kappa shape index (κ3) is 1.30. The number of carbonyl (C=O) groups is 1. The van der Waals surface area contributed by atoms with E-state index < -0.39 is 5.97 Å². The van der Waals surface area contributed by atoms with Crippen LogP contribution in [0.1, 0.15) is 21.6 Å². The molecule has 6 nitrogen and oxygen atoms in total. The number of pyridine rings is 1. The summed E-state index contributed by atoms with van der Waals surface area (Å²) in [4.78, 5) is 24.8. The van der Waals surface area contributed by atoms with Gasteiger partial charge in [-0.15, -0.1) is 4.91 Å². The molecule has 2 rings (SSSR count). The second-order valence-corrected chi connectivity index (χ2v) is 3.04. The summed E-state index contributed by atoms with van der Waals surface area (Å²) in [6.45, 7) is 0.700. The van der Waals surface area contributed by atoms with Crippen LogP contribution < -0.4 is 0 Å². The average molecular weight is 193 g/mol. The minimum atomic E-state index is -1.02. The molecule has 72 valence electrons. The van der Waals surface area contributed by atoms with Gasteiger partial charge in [-0.1, -0.05) is 0 Å². The minimum Gasteiger partial charge on any atom is -0.478 e. The molecule has 0 fully saturated rings. The molecule has 0 unspecified atom stereocenters. The minimum absolute atomic E-state index is 0.136.